The molecule has 0 aliphatic heterocycles. The van der Waals surface area contributed by atoms with Gasteiger partial charge in [0.15, 0.2) is 0 Å². The van der Waals surface area contributed by atoms with E-state index in [4.69, 9.17) is 10.2 Å². The van der Waals surface area contributed by atoms with Crippen LogP contribution in [0.2, 0.25) is 0 Å². The van der Waals surface area contributed by atoms with Gasteiger partial charge in [0.1, 0.15) is 11.5 Å². The molecule has 0 atom stereocenters. The second-order valence-electron chi connectivity index (χ2n) is 4.81. The maximum Gasteiger partial charge on any atom is 0.105 e. The molecule has 86 valence electrons. The largest absolute Gasteiger partial charge is 0.466 e. The van der Waals surface area contributed by atoms with E-state index in [2.05, 4.69) is 19.2 Å². The van der Waals surface area contributed by atoms with Gasteiger partial charge in [-0.2, -0.15) is 0 Å². The van der Waals surface area contributed by atoms with Crippen molar-refractivity contribution in [2.45, 2.75) is 27.2 Å². The Morgan fingerprint density at radius 1 is 1.40 bits per heavy atom. The molecular weight excluding hydrogens is 188 g/mol. The zero-order valence-electron chi connectivity index (χ0n) is 9.97. The van der Waals surface area contributed by atoms with Crippen molar-refractivity contribution in [3.8, 4) is 0 Å². The first kappa shape index (κ1) is 12.3. The van der Waals surface area contributed by atoms with Gasteiger partial charge in [-0.3, -0.25) is 0 Å². The highest BCUT2D eigenvalue weighted by atomic mass is 16.3. The summed E-state index contributed by atoms with van der Waals surface area (Å²) in [6.07, 6.45) is 0.939. The maximum absolute atomic E-state index is 5.64. The minimum atomic E-state index is 0.180. The number of hydrogen-bond donors (Lipinski definition) is 2. The summed E-state index contributed by atoms with van der Waals surface area (Å²) in [5.41, 5.74) is 5.82. The van der Waals surface area contributed by atoms with Crippen molar-refractivity contribution in [1.29, 1.82) is 0 Å². The smallest absolute Gasteiger partial charge is 0.105 e. The fraction of sp³-hybridized carbons (Fsp3) is 0.667. The van der Waals surface area contributed by atoms with Crippen molar-refractivity contribution < 1.29 is 4.42 Å². The Labute approximate surface area is 92.0 Å². The quantitative estimate of drug-likeness (QED) is 0.703. The lowest BCUT2D eigenvalue weighted by atomic mass is 9.94. The topological polar surface area (TPSA) is 51.2 Å². The van der Waals surface area contributed by atoms with Gasteiger partial charge >= 0.3 is 0 Å². The molecule has 0 fully saturated rings. The number of rotatable bonds is 6. The van der Waals surface area contributed by atoms with Crippen LogP contribution in [0.15, 0.2) is 16.5 Å². The predicted molar refractivity (Wildman–Crippen MR) is 62.9 cm³/mol. The van der Waals surface area contributed by atoms with Gasteiger partial charge in [-0.25, -0.2) is 0 Å². The summed E-state index contributed by atoms with van der Waals surface area (Å²) in [6, 6.07) is 4.03. The second-order valence-corrected chi connectivity index (χ2v) is 4.81. The van der Waals surface area contributed by atoms with Crippen LogP contribution in [0.3, 0.4) is 0 Å². The molecule has 3 heteroatoms. The van der Waals surface area contributed by atoms with Crippen LogP contribution < -0.4 is 11.1 Å². The molecule has 0 radical (unpaired) electrons. The van der Waals surface area contributed by atoms with Crippen molar-refractivity contribution in [2.24, 2.45) is 11.1 Å². The molecule has 0 unspecified atom stereocenters. The Morgan fingerprint density at radius 3 is 2.67 bits per heavy atom. The maximum atomic E-state index is 5.64. The third-order valence-electron chi connectivity index (χ3n) is 2.50. The fourth-order valence-electron chi connectivity index (χ4n) is 1.33. The average molecular weight is 210 g/mol. The van der Waals surface area contributed by atoms with Crippen LogP contribution in [0.25, 0.3) is 0 Å². The lowest BCUT2D eigenvalue weighted by Gasteiger charge is -2.22. The van der Waals surface area contributed by atoms with E-state index < -0.39 is 0 Å². The summed E-state index contributed by atoms with van der Waals surface area (Å²) in [5.74, 6) is 2.03. The summed E-state index contributed by atoms with van der Waals surface area (Å²) < 4.78 is 5.48. The van der Waals surface area contributed by atoms with E-state index in [1.54, 1.807) is 0 Å². The molecule has 1 heterocycles. The molecule has 0 aliphatic carbocycles. The van der Waals surface area contributed by atoms with Crippen LogP contribution >= 0.6 is 0 Å². The monoisotopic (exact) mass is 210 g/mol. The van der Waals surface area contributed by atoms with Gasteiger partial charge in [0.25, 0.3) is 0 Å². The molecule has 1 aromatic rings. The van der Waals surface area contributed by atoms with E-state index in [1.165, 1.54) is 0 Å². The van der Waals surface area contributed by atoms with Crippen LogP contribution in [-0.2, 0) is 6.42 Å². The van der Waals surface area contributed by atoms with Gasteiger partial charge in [-0.1, -0.05) is 13.8 Å². The first-order valence-corrected chi connectivity index (χ1v) is 5.49. The second kappa shape index (κ2) is 5.33. The molecule has 0 saturated heterocycles. The SMILES string of the molecule is Cc1ccc(CCNCC(C)(C)CN)o1. The van der Waals surface area contributed by atoms with Crippen LogP contribution in [0.1, 0.15) is 25.4 Å². The Balaban J connectivity index is 2.17. The molecule has 0 aromatic carbocycles. The van der Waals surface area contributed by atoms with Gasteiger partial charge in [0, 0.05) is 19.5 Å². The van der Waals surface area contributed by atoms with Crippen molar-refractivity contribution in [1.82, 2.24) is 5.32 Å². The van der Waals surface area contributed by atoms with Gasteiger partial charge in [0.05, 0.1) is 0 Å². The molecular formula is C12H22N2O. The van der Waals surface area contributed by atoms with Crippen molar-refractivity contribution >= 4 is 0 Å². The van der Waals surface area contributed by atoms with Crippen LogP contribution in [0.5, 0.6) is 0 Å². The molecule has 0 bridgehead atoms. The van der Waals surface area contributed by atoms with Gasteiger partial charge in [-0.15, -0.1) is 0 Å². The molecule has 3 N–H and O–H groups in total. The first-order chi connectivity index (χ1) is 7.03. The number of aryl methyl sites for hydroxylation is 1. The highest BCUT2D eigenvalue weighted by Crippen LogP contribution is 2.10. The number of hydrogen-bond acceptors (Lipinski definition) is 3. The first-order valence-electron chi connectivity index (χ1n) is 5.49. The number of nitrogens with two attached hydrogens (primary N) is 1. The highest BCUT2D eigenvalue weighted by molar-refractivity contribution is 5.05. The molecule has 1 rings (SSSR count). The summed E-state index contributed by atoms with van der Waals surface area (Å²) in [5, 5.41) is 3.39. The zero-order chi connectivity index (χ0) is 11.3. The van der Waals surface area contributed by atoms with Crippen molar-refractivity contribution in [2.75, 3.05) is 19.6 Å². The van der Waals surface area contributed by atoms with Gasteiger partial charge in [-0.05, 0) is 31.0 Å². The predicted octanol–water partition coefficient (Wildman–Crippen LogP) is 1.71. The van der Waals surface area contributed by atoms with Crippen LogP contribution in [-0.4, -0.2) is 19.6 Å². The van der Waals surface area contributed by atoms with Crippen molar-refractivity contribution in [3.05, 3.63) is 23.7 Å². The summed E-state index contributed by atoms with van der Waals surface area (Å²) in [6.45, 7) is 8.89. The van der Waals surface area contributed by atoms with E-state index >= 15 is 0 Å². The van der Waals surface area contributed by atoms with E-state index in [0.717, 1.165) is 31.0 Å². The summed E-state index contributed by atoms with van der Waals surface area (Å²) in [4.78, 5) is 0. The fourth-order valence-corrected chi connectivity index (χ4v) is 1.33. The van der Waals surface area contributed by atoms with Crippen LogP contribution in [0, 0.1) is 12.3 Å². The molecule has 0 spiro atoms. The Morgan fingerprint density at radius 2 is 2.13 bits per heavy atom. The molecule has 0 saturated carbocycles. The van der Waals surface area contributed by atoms with E-state index in [-0.39, 0.29) is 5.41 Å². The zero-order valence-corrected chi connectivity index (χ0v) is 9.97. The lowest BCUT2D eigenvalue weighted by Crippen LogP contribution is -2.36. The third-order valence-corrected chi connectivity index (χ3v) is 2.50. The van der Waals surface area contributed by atoms with E-state index in [1.807, 2.05) is 19.1 Å². The van der Waals surface area contributed by atoms with Gasteiger partial charge < -0.3 is 15.5 Å². The Bertz CT molecular complexity index is 292. The summed E-state index contributed by atoms with van der Waals surface area (Å²) in [7, 11) is 0. The van der Waals surface area contributed by atoms with Crippen LogP contribution in [0.4, 0.5) is 0 Å². The normalized spacial score (nSPS) is 12.0. The van der Waals surface area contributed by atoms with E-state index in [9.17, 15) is 0 Å². The lowest BCUT2D eigenvalue weighted by molar-refractivity contribution is 0.350. The molecule has 0 amide bonds. The highest BCUT2D eigenvalue weighted by Gasteiger charge is 2.14. The van der Waals surface area contributed by atoms with Crippen molar-refractivity contribution in [3.63, 3.8) is 0 Å². The molecule has 0 aliphatic rings. The number of nitrogens with one attached hydrogen (secondary N) is 1. The molecule has 15 heavy (non-hydrogen) atoms. The average Bonchev–Trinajstić information content (AvgIpc) is 2.59. The third kappa shape index (κ3) is 4.49. The summed E-state index contributed by atoms with van der Waals surface area (Å²) >= 11 is 0. The Kier molecular flexibility index (Phi) is 4.36. The molecule has 1 aromatic heterocycles. The molecule has 3 nitrogen and oxygen atoms in total. The number of furan rings is 1. The minimum Gasteiger partial charge on any atom is -0.466 e. The van der Waals surface area contributed by atoms with E-state index in [0.29, 0.717) is 6.54 Å². The standard InChI is InChI=1S/C12H22N2O/c1-10-4-5-11(15-10)6-7-14-9-12(2,3)8-13/h4-5,14H,6-9,13H2,1-3H3. The minimum absolute atomic E-state index is 0.180. The van der Waals surface area contributed by atoms with Gasteiger partial charge in [0.2, 0.25) is 0 Å². The Hall–Kier alpha value is -0.800.